The average Bonchev–Trinajstić information content (AvgIpc) is 2.48. The van der Waals surface area contributed by atoms with Gasteiger partial charge in [0.2, 0.25) is 0 Å². The van der Waals surface area contributed by atoms with E-state index in [-0.39, 0.29) is 0 Å². The molecule has 0 saturated carbocycles. The lowest BCUT2D eigenvalue weighted by Gasteiger charge is -2.08. The van der Waals surface area contributed by atoms with Gasteiger partial charge in [0.05, 0.1) is 0 Å². The Balaban J connectivity index is 2.55. The largest absolute Gasteiger partial charge is 0.319 e. The van der Waals surface area contributed by atoms with Crippen LogP contribution in [0, 0.1) is 5.92 Å². The average molecular weight is 182 g/mol. The minimum absolute atomic E-state index is 0.643. The molecule has 1 aromatic heterocycles. The highest BCUT2D eigenvalue weighted by atomic mass is 15.3. The predicted octanol–water partition coefficient (Wildman–Crippen LogP) is 0.696. The third-order valence-corrected chi connectivity index (χ3v) is 1.86. The molecule has 1 aromatic rings. The SMILES string of the molecule is CNCCc1nncn1CC(C)C. The van der Waals surface area contributed by atoms with E-state index in [4.69, 9.17) is 0 Å². The molecule has 1 heterocycles. The smallest absolute Gasteiger partial charge is 0.134 e. The number of hydrogen-bond donors (Lipinski definition) is 1. The zero-order valence-electron chi connectivity index (χ0n) is 8.62. The summed E-state index contributed by atoms with van der Waals surface area (Å²) in [6, 6.07) is 0. The van der Waals surface area contributed by atoms with Crippen molar-refractivity contribution in [2.45, 2.75) is 26.8 Å². The molecule has 1 rings (SSSR count). The minimum Gasteiger partial charge on any atom is -0.319 e. The van der Waals surface area contributed by atoms with Gasteiger partial charge < -0.3 is 9.88 Å². The summed E-state index contributed by atoms with van der Waals surface area (Å²) in [5, 5.41) is 11.1. The minimum atomic E-state index is 0.643. The molecular formula is C9H18N4. The standard InChI is InChI=1S/C9H18N4/c1-8(2)6-13-7-11-12-9(13)4-5-10-3/h7-8,10H,4-6H2,1-3H3. The Labute approximate surface area is 79.4 Å². The van der Waals surface area contributed by atoms with Crippen LogP contribution in [0.2, 0.25) is 0 Å². The quantitative estimate of drug-likeness (QED) is 0.728. The van der Waals surface area contributed by atoms with Crippen LogP contribution >= 0.6 is 0 Å². The summed E-state index contributed by atoms with van der Waals surface area (Å²) in [7, 11) is 1.95. The number of likely N-dealkylation sites (N-methyl/N-ethyl adjacent to an activating group) is 1. The van der Waals surface area contributed by atoms with E-state index in [2.05, 4.69) is 33.9 Å². The molecule has 0 bridgehead atoms. The van der Waals surface area contributed by atoms with E-state index < -0.39 is 0 Å². The van der Waals surface area contributed by atoms with E-state index in [0.29, 0.717) is 5.92 Å². The van der Waals surface area contributed by atoms with Crippen LogP contribution in [0.25, 0.3) is 0 Å². The van der Waals surface area contributed by atoms with Crippen LogP contribution in [-0.2, 0) is 13.0 Å². The molecule has 1 N–H and O–H groups in total. The summed E-state index contributed by atoms with van der Waals surface area (Å²) >= 11 is 0. The molecular weight excluding hydrogens is 164 g/mol. The first-order valence-corrected chi connectivity index (χ1v) is 4.75. The van der Waals surface area contributed by atoms with E-state index >= 15 is 0 Å². The van der Waals surface area contributed by atoms with Gasteiger partial charge in [-0.05, 0) is 13.0 Å². The number of nitrogens with one attached hydrogen (secondary N) is 1. The number of rotatable bonds is 5. The van der Waals surface area contributed by atoms with Crippen molar-refractivity contribution in [3.8, 4) is 0 Å². The van der Waals surface area contributed by atoms with Gasteiger partial charge in [-0.15, -0.1) is 10.2 Å². The number of nitrogens with zero attached hydrogens (tertiary/aromatic N) is 3. The molecule has 0 unspecified atom stereocenters. The molecule has 4 heteroatoms. The van der Waals surface area contributed by atoms with Crippen LogP contribution in [0.1, 0.15) is 19.7 Å². The maximum absolute atomic E-state index is 4.08. The molecule has 0 saturated heterocycles. The summed E-state index contributed by atoms with van der Waals surface area (Å²) in [5.74, 6) is 1.72. The fourth-order valence-corrected chi connectivity index (χ4v) is 1.26. The third kappa shape index (κ3) is 3.14. The molecule has 0 aliphatic heterocycles. The lowest BCUT2D eigenvalue weighted by atomic mass is 10.2. The van der Waals surface area contributed by atoms with Crippen molar-refractivity contribution in [3.05, 3.63) is 12.2 Å². The van der Waals surface area contributed by atoms with Gasteiger partial charge in [0.15, 0.2) is 0 Å². The third-order valence-electron chi connectivity index (χ3n) is 1.86. The van der Waals surface area contributed by atoms with E-state index in [1.165, 1.54) is 0 Å². The van der Waals surface area contributed by atoms with Crippen molar-refractivity contribution in [1.29, 1.82) is 0 Å². The Hall–Kier alpha value is -0.900. The summed E-state index contributed by atoms with van der Waals surface area (Å²) in [6.07, 6.45) is 2.76. The second-order valence-electron chi connectivity index (χ2n) is 3.65. The van der Waals surface area contributed by atoms with Gasteiger partial charge in [0.25, 0.3) is 0 Å². The van der Waals surface area contributed by atoms with E-state index in [1.54, 1.807) is 0 Å². The first-order valence-electron chi connectivity index (χ1n) is 4.75. The van der Waals surface area contributed by atoms with Gasteiger partial charge >= 0.3 is 0 Å². The van der Waals surface area contributed by atoms with Crippen LogP contribution in [0.15, 0.2) is 6.33 Å². The summed E-state index contributed by atoms with van der Waals surface area (Å²) < 4.78 is 2.13. The first kappa shape index (κ1) is 10.2. The highest BCUT2D eigenvalue weighted by molar-refractivity contribution is 4.86. The fraction of sp³-hybridized carbons (Fsp3) is 0.778. The van der Waals surface area contributed by atoms with E-state index in [1.807, 2.05) is 13.4 Å². The Morgan fingerprint density at radius 3 is 2.92 bits per heavy atom. The number of aromatic nitrogens is 3. The Morgan fingerprint density at radius 2 is 2.31 bits per heavy atom. The molecule has 74 valence electrons. The molecule has 0 fully saturated rings. The van der Waals surface area contributed by atoms with Crippen LogP contribution in [0.4, 0.5) is 0 Å². The van der Waals surface area contributed by atoms with E-state index in [0.717, 1.165) is 25.3 Å². The number of hydrogen-bond acceptors (Lipinski definition) is 3. The summed E-state index contributed by atoms with van der Waals surface area (Å²) in [4.78, 5) is 0. The van der Waals surface area contributed by atoms with Crippen LogP contribution in [0.3, 0.4) is 0 Å². The second kappa shape index (κ2) is 4.97. The summed E-state index contributed by atoms with van der Waals surface area (Å²) in [5.41, 5.74) is 0. The van der Waals surface area contributed by atoms with Crippen molar-refractivity contribution >= 4 is 0 Å². The zero-order valence-corrected chi connectivity index (χ0v) is 8.62. The normalized spacial score (nSPS) is 11.1. The second-order valence-corrected chi connectivity index (χ2v) is 3.65. The first-order chi connectivity index (χ1) is 6.24. The lowest BCUT2D eigenvalue weighted by Crippen LogP contribution is -2.15. The Bertz CT molecular complexity index is 242. The van der Waals surface area contributed by atoms with Crippen molar-refractivity contribution in [3.63, 3.8) is 0 Å². The molecule has 0 atom stereocenters. The molecule has 0 radical (unpaired) electrons. The zero-order chi connectivity index (χ0) is 9.68. The van der Waals surface area contributed by atoms with Gasteiger partial charge in [-0.1, -0.05) is 13.8 Å². The summed E-state index contributed by atoms with van der Waals surface area (Å²) in [6.45, 7) is 6.35. The van der Waals surface area contributed by atoms with Gasteiger partial charge in [-0.25, -0.2) is 0 Å². The Kier molecular flexibility index (Phi) is 3.89. The van der Waals surface area contributed by atoms with Crippen LogP contribution in [-0.4, -0.2) is 28.4 Å². The van der Waals surface area contributed by atoms with Crippen molar-refractivity contribution < 1.29 is 0 Å². The highest BCUT2D eigenvalue weighted by Crippen LogP contribution is 2.02. The lowest BCUT2D eigenvalue weighted by molar-refractivity contribution is 0.504. The van der Waals surface area contributed by atoms with E-state index in [9.17, 15) is 0 Å². The molecule has 13 heavy (non-hydrogen) atoms. The van der Waals surface area contributed by atoms with Crippen LogP contribution < -0.4 is 5.32 Å². The molecule has 0 aliphatic carbocycles. The topological polar surface area (TPSA) is 42.7 Å². The van der Waals surface area contributed by atoms with Gasteiger partial charge in [0.1, 0.15) is 12.2 Å². The van der Waals surface area contributed by atoms with Gasteiger partial charge in [0, 0.05) is 19.5 Å². The monoisotopic (exact) mass is 182 g/mol. The van der Waals surface area contributed by atoms with Gasteiger partial charge in [-0.3, -0.25) is 0 Å². The Morgan fingerprint density at radius 1 is 1.54 bits per heavy atom. The van der Waals surface area contributed by atoms with Crippen molar-refractivity contribution in [2.24, 2.45) is 5.92 Å². The maximum atomic E-state index is 4.08. The molecule has 0 amide bonds. The highest BCUT2D eigenvalue weighted by Gasteiger charge is 2.04. The van der Waals surface area contributed by atoms with Crippen molar-refractivity contribution in [1.82, 2.24) is 20.1 Å². The van der Waals surface area contributed by atoms with Gasteiger partial charge in [-0.2, -0.15) is 0 Å². The fourth-order valence-electron chi connectivity index (χ4n) is 1.26. The predicted molar refractivity (Wildman–Crippen MR) is 52.5 cm³/mol. The molecule has 0 aromatic carbocycles. The molecule has 0 aliphatic rings. The maximum Gasteiger partial charge on any atom is 0.134 e. The van der Waals surface area contributed by atoms with Crippen molar-refractivity contribution in [2.75, 3.05) is 13.6 Å². The molecule has 4 nitrogen and oxygen atoms in total. The van der Waals surface area contributed by atoms with Crippen LogP contribution in [0.5, 0.6) is 0 Å². The molecule has 0 spiro atoms.